The number of nitrogens with zero attached hydrogens (tertiary/aromatic N) is 1. The molecule has 1 aliphatic rings. The summed E-state index contributed by atoms with van der Waals surface area (Å²) >= 11 is 0. The molecule has 1 aromatic rings. The molecule has 4 nitrogen and oxygen atoms in total. The van der Waals surface area contributed by atoms with Crippen LogP contribution in [0.5, 0.6) is 0 Å². The molecule has 0 aromatic heterocycles. The number of aliphatic hydroxyl groups is 1. The van der Waals surface area contributed by atoms with Gasteiger partial charge in [-0.1, -0.05) is 12.1 Å². The number of hydroxylamine groups is 2. The van der Waals surface area contributed by atoms with Gasteiger partial charge in [0.2, 0.25) is 0 Å². The second-order valence-corrected chi connectivity index (χ2v) is 4.11. The van der Waals surface area contributed by atoms with Crippen LogP contribution in [0.1, 0.15) is 24.5 Å². The SMILES string of the molecule is Nc1ccc(C(O)CN2CCCCO2)cc1. The highest BCUT2D eigenvalue weighted by Crippen LogP contribution is 2.17. The van der Waals surface area contributed by atoms with E-state index < -0.39 is 6.10 Å². The van der Waals surface area contributed by atoms with Crippen LogP contribution in [0, 0.1) is 0 Å². The monoisotopic (exact) mass is 222 g/mol. The van der Waals surface area contributed by atoms with Crippen LogP contribution in [0.25, 0.3) is 0 Å². The lowest BCUT2D eigenvalue weighted by atomic mass is 10.1. The van der Waals surface area contributed by atoms with Gasteiger partial charge in [0, 0.05) is 12.2 Å². The molecule has 1 fully saturated rings. The van der Waals surface area contributed by atoms with Crippen LogP contribution in [-0.2, 0) is 4.84 Å². The highest BCUT2D eigenvalue weighted by molar-refractivity contribution is 5.39. The molecule has 1 heterocycles. The third-order valence-corrected chi connectivity index (χ3v) is 2.77. The molecule has 1 atom stereocenters. The fourth-order valence-electron chi connectivity index (χ4n) is 1.81. The molecular formula is C12H18N2O2. The third kappa shape index (κ3) is 2.95. The Morgan fingerprint density at radius 3 is 2.69 bits per heavy atom. The topological polar surface area (TPSA) is 58.7 Å². The number of rotatable bonds is 3. The number of nitrogen functional groups attached to an aromatic ring is 1. The van der Waals surface area contributed by atoms with Crippen molar-refractivity contribution in [2.24, 2.45) is 0 Å². The zero-order valence-corrected chi connectivity index (χ0v) is 9.30. The van der Waals surface area contributed by atoms with Crippen molar-refractivity contribution < 1.29 is 9.94 Å². The summed E-state index contributed by atoms with van der Waals surface area (Å²) in [7, 11) is 0. The Labute approximate surface area is 95.6 Å². The van der Waals surface area contributed by atoms with E-state index in [0.717, 1.165) is 31.6 Å². The van der Waals surface area contributed by atoms with Crippen molar-refractivity contribution in [1.29, 1.82) is 0 Å². The van der Waals surface area contributed by atoms with Gasteiger partial charge in [0.25, 0.3) is 0 Å². The van der Waals surface area contributed by atoms with Gasteiger partial charge < -0.3 is 10.8 Å². The predicted octanol–water partition coefficient (Wildman–Crippen LogP) is 1.33. The molecule has 1 unspecified atom stereocenters. The third-order valence-electron chi connectivity index (χ3n) is 2.77. The molecule has 0 aliphatic carbocycles. The Hall–Kier alpha value is -1.10. The zero-order valence-electron chi connectivity index (χ0n) is 9.30. The van der Waals surface area contributed by atoms with E-state index >= 15 is 0 Å². The van der Waals surface area contributed by atoms with E-state index in [0.29, 0.717) is 12.2 Å². The summed E-state index contributed by atoms with van der Waals surface area (Å²) in [6, 6.07) is 7.30. The molecule has 3 N–H and O–H groups in total. The van der Waals surface area contributed by atoms with Crippen molar-refractivity contribution in [2.75, 3.05) is 25.4 Å². The van der Waals surface area contributed by atoms with Crippen LogP contribution in [0.2, 0.25) is 0 Å². The van der Waals surface area contributed by atoms with Gasteiger partial charge in [0.15, 0.2) is 0 Å². The molecule has 2 rings (SSSR count). The molecule has 1 saturated heterocycles. The summed E-state index contributed by atoms with van der Waals surface area (Å²) in [5, 5.41) is 11.8. The minimum absolute atomic E-state index is 0.515. The smallest absolute Gasteiger partial charge is 0.0940 e. The molecule has 0 spiro atoms. The van der Waals surface area contributed by atoms with Crippen LogP contribution in [0.4, 0.5) is 5.69 Å². The number of β-amino-alcohol motifs (C(OH)–C–C–N with tert-alkyl or cyclic N) is 1. The lowest BCUT2D eigenvalue weighted by Crippen LogP contribution is -2.33. The molecule has 0 amide bonds. The molecule has 0 saturated carbocycles. The Balaban J connectivity index is 1.91. The zero-order chi connectivity index (χ0) is 11.4. The van der Waals surface area contributed by atoms with Crippen molar-refractivity contribution in [3.05, 3.63) is 29.8 Å². The van der Waals surface area contributed by atoms with Crippen molar-refractivity contribution in [2.45, 2.75) is 18.9 Å². The maximum absolute atomic E-state index is 10.0. The number of benzene rings is 1. The standard InChI is InChI=1S/C12H18N2O2/c13-11-5-3-10(4-6-11)12(15)9-14-7-1-2-8-16-14/h3-6,12,15H,1-2,7-9,13H2. The minimum atomic E-state index is -0.515. The molecule has 88 valence electrons. The summed E-state index contributed by atoms with van der Waals surface area (Å²) in [4.78, 5) is 5.44. The summed E-state index contributed by atoms with van der Waals surface area (Å²) in [5.41, 5.74) is 7.19. The van der Waals surface area contributed by atoms with Crippen molar-refractivity contribution in [3.8, 4) is 0 Å². The second kappa shape index (κ2) is 5.30. The van der Waals surface area contributed by atoms with Gasteiger partial charge in [0.05, 0.1) is 19.3 Å². The summed E-state index contributed by atoms with van der Waals surface area (Å²) in [6.45, 7) is 2.17. The first-order valence-corrected chi connectivity index (χ1v) is 5.67. The second-order valence-electron chi connectivity index (χ2n) is 4.11. The van der Waals surface area contributed by atoms with Gasteiger partial charge in [-0.25, -0.2) is 0 Å². The highest BCUT2D eigenvalue weighted by atomic mass is 16.7. The normalized spacial score (nSPS) is 19.6. The molecule has 1 aliphatic heterocycles. The van der Waals surface area contributed by atoms with E-state index in [4.69, 9.17) is 10.6 Å². The lowest BCUT2D eigenvalue weighted by molar-refractivity contribution is -0.193. The number of aliphatic hydroxyl groups excluding tert-OH is 1. The summed E-state index contributed by atoms with van der Waals surface area (Å²) in [6.07, 6.45) is 1.72. The fourth-order valence-corrected chi connectivity index (χ4v) is 1.81. The Morgan fingerprint density at radius 1 is 1.31 bits per heavy atom. The number of nitrogens with two attached hydrogens (primary N) is 1. The average Bonchev–Trinajstić information content (AvgIpc) is 2.31. The van der Waals surface area contributed by atoms with Gasteiger partial charge in [-0.05, 0) is 30.5 Å². The fraction of sp³-hybridized carbons (Fsp3) is 0.500. The van der Waals surface area contributed by atoms with E-state index in [9.17, 15) is 5.11 Å². The average molecular weight is 222 g/mol. The van der Waals surface area contributed by atoms with Crippen molar-refractivity contribution in [3.63, 3.8) is 0 Å². The van der Waals surface area contributed by atoms with E-state index in [-0.39, 0.29) is 0 Å². The maximum atomic E-state index is 10.0. The molecule has 4 heteroatoms. The molecule has 0 bridgehead atoms. The first kappa shape index (κ1) is 11.4. The number of hydrogen-bond acceptors (Lipinski definition) is 4. The Morgan fingerprint density at radius 2 is 2.06 bits per heavy atom. The van der Waals surface area contributed by atoms with E-state index in [1.165, 1.54) is 0 Å². The van der Waals surface area contributed by atoms with Gasteiger partial charge in [-0.15, -0.1) is 0 Å². The molecule has 0 radical (unpaired) electrons. The van der Waals surface area contributed by atoms with Crippen LogP contribution in [0.15, 0.2) is 24.3 Å². The summed E-state index contributed by atoms with van der Waals surface area (Å²) in [5.74, 6) is 0. The number of hydrogen-bond donors (Lipinski definition) is 2. The lowest BCUT2D eigenvalue weighted by Gasteiger charge is -2.28. The van der Waals surface area contributed by atoms with E-state index in [1.54, 1.807) is 12.1 Å². The van der Waals surface area contributed by atoms with Crippen LogP contribution >= 0.6 is 0 Å². The van der Waals surface area contributed by atoms with Gasteiger partial charge in [0.1, 0.15) is 0 Å². The predicted molar refractivity (Wildman–Crippen MR) is 62.6 cm³/mol. The van der Waals surface area contributed by atoms with E-state index in [2.05, 4.69) is 0 Å². The van der Waals surface area contributed by atoms with Crippen LogP contribution < -0.4 is 5.73 Å². The first-order valence-electron chi connectivity index (χ1n) is 5.67. The molecule has 16 heavy (non-hydrogen) atoms. The Bertz CT molecular complexity index is 320. The number of anilines is 1. The van der Waals surface area contributed by atoms with Crippen molar-refractivity contribution in [1.82, 2.24) is 5.06 Å². The van der Waals surface area contributed by atoms with Gasteiger partial charge >= 0.3 is 0 Å². The highest BCUT2D eigenvalue weighted by Gasteiger charge is 2.16. The molecular weight excluding hydrogens is 204 g/mol. The van der Waals surface area contributed by atoms with Crippen LogP contribution in [0.3, 0.4) is 0 Å². The quantitative estimate of drug-likeness (QED) is 0.757. The minimum Gasteiger partial charge on any atom is -0.399 e. The molecule has 1 aromatic carbocycles. The van der Waals surface area contributed by atoms with Gasteiger partial charge in [-0.2, -0.15) is 5.06 Å². The first-order chi connectivity index (χ1) is 7.75. The van der Waals surface area contributed by atoms with E-state index in [1.807, 2.05) is 17.2 Å². The van der Waals surface area contributed by atoms with Crippen LogP contribution in [-0.4, -0.2) is 29.9 Å². The summed E-state index contributed by atoms with van der Waals surface area (Å²) < 4.78 is 0. The van der Waals surface area contributed by atoms with Crippen molar-refractivity contribution >= 4 is 5.69 Å². The Kier molecular flexibility index (Phi) is 3.77. The largest absolute Gasteiger partial charge is 0.399 e. The van der Waals surface area contributed by atoms with Gasteiger partial charge in [-0.3, -0.25) is 4.84 Å². The maximum Gasteiger partial charge on any atom is 0.0940 e.